The molecule has 1 aromatic rings. The Morgan fingerprint density at radius 2 is 1.59 bits per heavy atom. The van der Waals surface area contributed by atoms with E-state index in [2.05, 4.69) is 10.0 Å². The summed E-state index contributed by atoms with van der Waals surface area (Å²) in [6.45, 7) is 2.11. The van der Waals surface area contributed by atoms with Crippen LogP contribution >= 0.6 is 12.4 Å². The molecule has 2 N–H and O–H groups in total. The van der Waals surface area contributed by atoms with Gasteiger partial charge in [0.1, 0.15) is 17.2 Å². The molecule has 9 heteroatoms. The number of likely N-dealkylation sites (N-methyl/N-ethyl adjacent to an activating group) is 1. The molecule has 0 aliphatic rings. The summed E-state index contributed by atoms with van der Waals surface area (Å²) in [5.41, 5.74) is 0. The van der Waals surface area contributed by atoms with E-state index in [1.165, 1.54) is 33.5 Å². The van der Waals surface area contributed by atoms with Crippen molar-refractivity contribution in [1.29, 1.82) is 0 Å². The van der Waals surface area contributed by atoms with Crippen LogP contribution in [0.3, 0.4) is 0 Å². The Labute approximate surface area is 137 Å². The summed E-state index contributed by atoms with van der Waals surface area (Å²) in [6, 6.07) is 2.99. The highest BCUT2D eigenvalue weighted by molar-refractivity contribution is 7.89. The lowest BCUT2D eigenvalue weighted by molar-refractivity contribution is 0.358. The van der Waals surface area contributed by atoms with Gasteiger partial charge in [-0.3, -0.25) is 0 Å². The number of rotatable bonds is 8. The lowest BCUT2D eigenvalue weighted by Crippen LogP contribution is -2.37. The van der Waals surface area contributed by atoms with Crippen molar-refractivity contribution in [2.75, 3.05) is 34.9 Å². The van der Waals surface area contributed by atoms with Gasteiger partial charge in [-0.15, -0.1) is 12.4 Å². The highest BCUT2D eigenvalue weighted by Crippen LogP contribution is 2.37. The molecule has 0 heterocycles. The van der Waals surface area contributed by atoms with E-state index in [0.717, 1.165) is 0 Å². The molecule has 0 aromatic heterocycles. The number of halogens is 1. The molecule has 0 spiro atoms. The first-order valence-corrected chi connectivity index (χ1v) is 7.84. The van der Waals surface area contributed by atoms with Crippen LogP contribution in [-0.2, 0) is 10.0 Å². The van der Waals surface area contributed by atoms with Crippen LogP contribution in [0.1, 0.15) is 6.92 Å². The fourth-order valence-corrected chi connectivity index (χ4v) is 3.08. The maximum atomic E-state index is 12.5. The van der Waals surface area contributed by atoms with Crippen molar-refractivity contribution in [2.24, 2.45) is 0 Å². The van der Waals surface area contributed by atoms with Crippen LogP contribution in [0.15, 0.2) is 17.0 Å². The molecule has 1 unspecified atom stereocenters. The monoisotopic (exact) mass is 354 g/mol. The Morgan fingerprint density at radius 3 is 1.95 bits per heavy atom. The fraction of sp³-hybridized carbons (Fsp3) is 0.538. The zero-order chi connectivity index (χ0) is 16.0. The molecule has 0 fully saturated rings. The molecule has 0 amide bonds. The van der Waals surface area contributed by atoms with Crippen molar-refractivity contribution < 1.29 is 22.6 Å². The largest absolute Gasteiger partial charge is 0.496 e. The average molecular weight is 355 g/mol. The van der Waals surface area contributed by atoms with Gasteiger partial charge in [0.2, 0.25) is 10.0 Å². The van der Waals surface area contributed by atoms with Crippen LogP contribution in [0.2, 0.25) is 0 Å². The van der Waals surface area contributed by atoms with Gasteiger partial charge in [-0.05, 0) is 14.0 Å². The van der Waals surface area contributed by atoms with Gasteiger partial charge in [-0.2, -0.15) is 0 Å². The van der Waals surface area contributed by atoms with Crippen LogP contribution in [0, 0.1) is 0 Å². The Kier molecular flexibility index (Phi) is 8.54. The Hall–Kier alpha value is -1.22. The van der Waals surface area contributed by atoms with Gasteiger partial charge >= 0.3 is 0 Å². The minimum Gasteiger partial charge on any atom is -0.496 e. The zero-order valence-electron chi connectivity index (χ0n) is 13.3. The van der Waals surface area contributed by atoms with Crippen molar-refractivity contribution in [1.82, 2.24) is 10.0 Å². The quantitative estimate of drug-likeness (QED) is 0.725. The van der Waals surface area contributed by atoms with E-state index in [-0.39, 0.29) is 41.4 Å². The molecule has 0 aliphatic heterocycles. The van der Waals surface area contributed by atoms with Crippen molar-refractivity contribution in [3.05, 3.63) is 12.1 Å². The number of hydrogen-bond donors (Lipinski definition) is 2. The zero-order valence-corrected chi connectivity index (χ0v) is 14.9. The first kappa shape index (κ1) is 20.8. The first-order chi connectivity index (χ1) is 9.89. The first-order valence-electron chi connectivity index (χ1n) is 6.36. The number of benzene rings is 1. The summed E-state index contributed by atoms with van der Waals surface area (Å²) < 4.78 is 42.9. The number of ether oxygens (including phenoxy) is 3. The molecule has 128 valence electrons. The van der Waals surface area contributed by atoms with Gasteiger partial charge in [0.25, 0.3) is 0 Å². The molecular weight excluding hydrogens is 332 g/mol. The molecule has 0 aliphatic carbocycles. The van der Waals surface area contributed by atoms with Crippen molar-refractivity contribution >= 4 is 22.4 Å². The third-order valence-electron chi connectivity index (χ3n) is 3.01. The molecule has 1 atom stereocenters. The summed E-state index contributed by atoms with van der Waals surface area (Å²) in [7, 11) is 2.25. The van der Waals surface area contributed by atoms with E-state index in [1.54, 1.807) is 7.05 Å². The standard InChI is InChI=1S/C13H22N2O5S.ClH/c1-9(14-2)8-15-21(16,17)13-11(19-4)6-10(18-3)7-12(13)20-5;/h6-7,9,14-15H,8H2,1-5H3;1H. The predicted octanol–water partition coefficient (Wildman–Crippen LogP) is 1.02. The Bertz CT molecular complexity index is 555. The molecule has 1 aromatic carbocycles. The van der Waals surface area contributed by atoms with Crippen LogP contribution in [-0.4, -0.2) is 49.4 Å². The van der Waals surface area contributed by atoms with Crippen LogP contribution < -0.4 is 24.2 Å². The van der Waals surface area contributed by atoms with Crippen LogP contribution in [0.5, 0.6) is 17.2 Å². The summed E-state index contributed by atoms with van der Waals surface area (Å²) in [6.07, 6.45) is 0. The summed E-state index contributed by atoms with van der Waals surface area (Å²) in [5.74, 6) is 0.776. The van der Waals surface area contributed by atoms with Gasteiger partial charge in [0, 0.05) is 24.7 Å². The summed E-state index contributed by atoms with van der Waals surface area (Å²) in [4.78, 5) is -0.0448. The number of hydrogen-bond acceptors (Lipinski definition) is 6. The van der Waals surface area contributed by atoms with E-state index in [4.69, 9.17) is 14.2 Å². The van der Waals surface area contributed by atoms with Crippen LogP contribution in [0.25, 0.3) is 0 Å². The maximum Gasteiger partial charge on any atom is 0.248 e. The van der Waals surface area contributed by atoms with E-state index < -0.39 is 10.0 Å². The molecular formula is C13H23ClN2O5S. The molecule has 0 saturated heterocycles. The number of sulfonamides is 1. The molecule has 0 saturated carbocycles. The second kappa shape index (κ2) is 9.04. The highest BCUT2D eigenvalue weighted by atomic mass is 35.5. The molecule has 7 nitrogen and oxygen atoms in total. The van der Waals surface area contributed by atoms with Gasteiger partial charge in [0.15, 0.2) is 4.90 Å². The molecule has 22 heavy (non-hydrogen) atoms. The van der Waals surface area contributed by atoms with E-state index in [9.17, 15) is 8.42 Å². The van der Waals surface area contributed by atoms with E-state index in [1.807, 2.05) is 6.92 Å². The predicted molar refractivity (Wildman–Crippen MR) is 87.1 cm³/mol. The van der Waals surface area contributed by atoms with E-state index in [0.29, 0.717) is 5.75 Å². The average Bonchev–Trinajstić information content (AvgIpc) is 2.50. The Morgan fingerprint density at radius 1 is 1.09 bits per heavy atom. The number of methoxy groups -OCH3 is 3. The van der Waals surface area contributed by atoms with Crippen molar-refractivity contribution in [3.63, 3.8) is 0 Å². The van der Waals surface area contributed by atoms with Crippen molar-refractivity contribution in [3.8, 4) is 17.2 Å². The fourth-order valence-electron chi connectivity index (χ4n) is 1.65. The SMILES string of the molecule is CNC(C)CNS(=O)(=O)c1c(OC)cc(OC)cc1OC.Cl. The lowest BCUT2D eigenvalue weighted by atomic mass is 10.3. The molecule has 1 rings (SSSR count). The maximum absolute atomic E-state index is 12.5. The van der Waals surface area contributed by atoms with Crippen molar-refractivity contribution in [2.45, 2.75) is 17.9 Å². The molecule has 0 radical (unpaired) electrons. The topological polar surface area (TPSA) is 85.9 Å². The van der Waals surface area contributed by atoms with Gasteiger partial charge in [-0.25, -0.2) is 13.1 Å². The summed E-state index contributed by atoms with van der Waals surface area (Å²) in [5, 5.41) is 2.95. The third-order valence-corrected chi connectivity index (χ3v) is 4.50. The second-order valence-corrected chi connectivity index (χ2v) is 6.11. The van der Waals surface area contributed by atoms with Gasteiger partial charge < -0.3 is 19.5 Å². The highest BCUT2D eigenvalue weighted by Gasteiger charge is 2.26. The van der Waals surface area contributed by atoms with Gasteiger partial charge in [-0.1, -0.05) is 0 Å². The smallest absolute Gasteiger partial charge is 0.248 e. The minimum atomic E-state index is -3.77. The normalized spacial score (nSPS) is 12.2. The molecule has 0 bridgehead atoms. The van der Waals surface area contributed by atoms with Crippen LogP contribution in [0.4, 0.5) is 0 Å². The number of nitrogens with one attached hydrogen (secondary N) is 2. The van der Waals surface area contributed by atoms with Gasteiger partial charge in [0.05, 0.1) is 21.3 Å². The third kappa shape index (κ3) is 4.91. The van der Waals surface area contributed by atoms with E-state index >= 15 is 0 Å². The second-order valence-electron chi connectivity index (χ2n) is 4.40. The lowest BCUT2D eigenvalue weighted by Gasteiger charge is -2.17. The Balaban J connectivity index is 0.00000441. The minimum absolute atomic E-state index is 0. The summed E-state index contributed by atoms with van der Waals surface area (Å²) >= 11 is 0.